The zero-order valence-corrected chi connectivity index (χ0v) is 27.2. The monoisotopic (exact) mass is 674 g/mol. The average Bonchev–Trinajstić information content (AvgIpc) is 3.56. The van der Waals surface area contributed by atoms with E-state index in [0.717, 1.165) is 6.42 Å². The van der Waals surface area contributed by atoms with Crippen molar-refractivity contribution in [2.45, 2.75) is 82.1 Å². The van der Waals surface area contributed by atoms with Crippen LogP contribution in [0.25, 0.3) is 0 Å². The first kappa shape index (κ1) is 38.5. The van der Waals surface area contributed by atoms with Crippen LogP contribution in [0.3, 0.4) is 0 Å². The van der Waals surface area contributed by atoms with Crippen LogP contribution in [0, 0.1) is 5.41 Å². The summed E-state index contributed by atoms with van der Waals surface area (Å²) in [6.07, 6.45) is 5.27. The van der Waals surface area contributed by atoms with Gasteiger partial charge in [-0.3, -0.25) is 24.6 Å². The van der Waals surface area contributed by atoms with Gasteiger partial charge in [0.15, 0.2) is 5.96 Å². The first-order chi connectivity index (χ1) is 22.4. The number of guanidine groups is 1. The molecule has 258 valence electrons. The van der Waals surface area contributed by atoms with Crippen LogP contribution in [-0.4, -0.2) is 93.1 Å². The van der Waals surface area contributed by atoms with E-state index >= 15 is 0 Å². The zero-order chi connectivity index (χ0) is 34.8. The predicted molar refractivity (Wildman–Crippen MR) is 178 cm³/mol. The van der Waals surface area contributed by atoms with Crippen molar-refractivity contribution in [2.24, 2.45) is 11.5 Å². The topological polar surface area (TPSA) is 270 Å². The number of aromatic amines is 1. The van der Waals surface area contributed by atoms with Gasteiger partial charge in [-0.2, -0.15) is 12.6 Å². The Morgan fingerprint density at radius 2 is 1.51 bits per heavy atom. The fourth-order valence-electron chi connectivity index (χ4n) is 4.51. The number of carbonyl (C=O) groups excluding carboxylic acids is 4. The summed E-state index contributed by atoms with van der Waals surface area (Å²) in [7, 11) is 0. The molecule has 0 saturated heterocycles. The Labute approximate surface area is 278 Å². The van der Waals surface area contributed by atoms with Crippen molar-refractivity contribution in [3.63, 3.8) is 0 Å². The molecule has 0 spiro atoms. The molecular formula is C30H46N10O6S. The second-order valence-corrected chi connectivity index (χ2v) is 11.3. The lowest BCUT2D eigenvalue weighted by Gasteiger charge is -2.25. The fourth-order valence-corrected chi connectivity index (χ4v) is 4.77. The molecule has 0 fully saturated rings. The molecule has 2 aromatic rings. The quantitative estimate of drug-likeness (QED) is 0.0330. The molecule has 1 aromatic carbocycles. The number of H-pyrrole nitrogens is 1. The molecule has 17 heteroatoms. The maximum Gasteiger partial charge on any atom is 0.326 e. The Morgan fingerprint density at radius 3 is 2.11 bits per heavy atom. The van der Waals surface area contributed by atoms with E-state index in [2.05, 4.69) is 49.2 Å². The third-order valence-electron chi connectivity index (χ3n) is 7.14. The largest absolute Gasteiger partial charge is 0.480 e. The normalized spacial score (nSPS) is 14.0. The molecule has 1 aromatic heterocycles. The minimum atomic E-state index is -1.27. The highest BCUT2D eigenvalue weighted by molar-refractivity contribution is 7.80. The van der Waals surface area contributed by atoms with Crippen molar-refractivity contribution in [1.29, 1.82) is 5.41 Å². The number of rotatable bonds is 21. The first-order valence-corrected chi connectivity index (χ1v) is 16.0. The third kappa shape index (κ3) is 14.1. The number of benzene rings is 1. The number of hydrogen-bond donors (Lipinski definition) is 11. The Morgan fingerprint density at radius 1 is 0.894 bits per heavy atom. The number of thiol groups is 1. The number of nitrogens with one attached hydrogen (secondary N) is 7. The van der Waals surface area contributed by atoms with E-state index in [9.17, 15) is 29.1 Å². The predicted octanol–water partition coefficient (Wildman–Crippen LogP) is -1.07. The van der Waals surface area contributed by atoms with Gasteiger partial charge in [-0.15, -0.1) is 0 Å². The summed E-state index contributed by atoms with van der Waals surface area (Å²) in [4.78, 5) is 71.7. The van der Waals surface area contributed by atoms with Crippen LogP contribution < -0.4 is 38.1 Å². The molecule has 0 radical (unpaired) electrons. The van der Waals surface area contributed by atoms with Crippen LogP contribution in [0.2, 0.25) is 0 Å². The highest BCUT2D eigenvalue weighted by atomic mass is 32.1. The minimum absolute atomic E-state index is 0.0180. The molecule has 4 amide bonds. The van der Waals surface area contributed by atoms with Gasteiger partial charge in [0.05, 0.1) is 18.1 Å². The van der Waals surface area contributed by atoms with Crippen molar-refractivity contribution in [3.8, 4) is 0 Å². The molecular weight excluding hydrogens is 628 g/mol. The second kappa shape index (κ2) is 20.5. The van der Waals surface area contributed by atoms with E-state index in [1.165, 1.54) is 12.5 Å². The lowest BCUT2D eigenvalue weighted by atomic mass is 10.0. The maximum atomic E-state index is 13.4. The molecule has 0 aliphatic heterocycles. The van der Waals surface area contributed by atoms with Crippen LogP contribution in [0.4, 0.5) is 0 Å². The maximum absolute atomic E-state index is 13.4. The van der Waals surface area contributed by atoms with Gasteiger partial charge in [-0.05, 0) is 24.8 Å². The van der Waals surface area contributed by atoms with E-state index in [4.69, 9.17) is 16.9 Å². The summed E-state index contributed by atoms with van der Waals surface area (Å²) in [5.74, 6) is -4.26. The van der Waals surface area contributed by atoms with Gasteiger partial charge in [-0.1, -0.05) is 50.1 Å². The standard InChI is InChI=1S/C30H46N10O6S/c1-2-3-11-21(37-25(41)20(31)10-7-12-35-30(32)33)26(42)40-24(16-47)28(44)38-22(14-19-15-34-17-36-19)27(43)39-23(29(45)46)13-18-8-5-4-6-9-18/h4-6,8-9,15,17,20-24,47H,2-3,7,10-14,16,31H2,1H3,(H,34,36)(H,37,41)(H,38,44)(H,39,43)(H,40,42)(H,45,46)(H4,32,33,35)/t20-,21-,22-,23+,24-/m0/s1. The first-order valence-electron chi connectivity index (χ1n) is 15.3. The molecule has 0 unspecified atom stereocenters. The van der Waals surface area contributed by atoms with Crippen LogP contribution in [-0.2, 0) is 36.8 Å². The van der Waals surface area contributed by atoms with Crippen molar-refractivity contribution >= 4 is 48.2 Å². The molecule has 0 bridgehead atoms. The van der Waals surface area contributed by atoms with Gasteiger partial charge < -0.3 is 48.1 Å². The molecule has 12 N–H and O–H groups in total. The number of aromatic nitrogens is 2. The Bertz CT molecular complexity index is 1310. The second-order valence-electron chi connectivity index (χ2n) is 11.0. The third-order valence-corrected chi connectivity index (χ3v) is 7.50. The lowest BCUT2D eigenvalue weighted by Crippen LogP contribution is -2.59. The van der Waals surface area contributed by atoms with Gasteiger partial charge in [0, 0.05) is 31.3 Å². The summed E-state index contributed by atoms with van der Waals surface area (Å²) in [6.45, 7) is 2.28. The number of unbranched alkanes of at least 4 members (excludes halogenated alkanes) is 1. The SMILES string of the molecule is CCCC[C@H](NC(=O)[C@@H](N)CCCNC(=N)N)C(=O)N[C@@H](CS)C(=O)N[C@@H](Cc1c[nH]cn1)C(=O)N[C@H](Cc1ccccc1)C(=O)O. The summed E-state index contributed by atoms with van der Waals surface area (Å²) >= 11 is 4.23. The summed E-state index contributed by atoms with van der Waals surface area (Å²) in [5.41, 5.74) is 12.4. The molecule has 47 heavy (non-hydrogen) atoms. The van der Waals surface area contributed by atoms with Gasteiger partial charge >= 0.3 is 5.97 Å². The molecule has 0 aliphatic rings. The number of carboxylic acids is 1. The average molecular weight is 675 g/mol. The molecule has 1 heterocycles. The highest BCUT2D eigenvalue weighted by Crippen LogP contribution is 2.07. The fraction of sp³-hybridized carbons (Fsp3) is 0.500. The van der Waals surface area contributed by atoms with E-state index in [1.54, 1.807) is 30.3 Å². The van der Waals surface area contributed by atoms with Gasteiger partial charge in [0.25, 0.3) is 0 Å². The van der Waals surface area contributed by atoms with E-state index in [0.29, 0.717) is 30.6 Å². The van der Waals surface area contributed by atoms with Gasteiger partial charge in [0.1, 0.15) is 24.2 Å². The minimum Gasteiger partial charge on any atom is -0.480 e. The van der Waals surface area contributed by atoms with E-state index in [1.807, 2.05) is 6.92 Å². The molecule has 2 rings (SSSR count). The van der Waals surface area contributed by atoms with E-state index < -0.39 is 59.8 Å². The number of carbonyl (C=O) groups is 5. The number of nitrogens with zero attached hydrogens (tertiary/aromatic N) is 1. The highest BCUT2D eigenvalue weighted by Gasteiger charge is 2.31. The number of aliphatic carboxylic acids is 1. The molecule has 0 aliphatic carbocycles. The van der Waals surface area contributed by atoms with Gasteiger partial charge in [-0.25, -0.2) is 9.78 Å². The van der Waals surface area contributed by atoms with Crippen LogP contribution in [0.15, 0.2) is 42.9 Å². The smallest absolute Gasteiger partial charge is 0.326 e. The molecule has 0 saturated carbocycles. The van der Waals surface area contributed by atoms with Gasteiger partial charge in [0.2, 0.25) is 23.6 Å². The summed E-state index contributed by atoms with van der Waals surface area (Å²) < 4.78 is 0. The molecule has 5 atom stereocenters. The summed E-state index contributed by atoms with van der Waals surface area (Å²) in [6, 6.07) is 3.16. The van der Waals surface area contributed by atoms with E-state index in [-0.39, 0.29) is 37.4 Å². The number of imidazole rings is 1. The van der Waals surface area contributed by atoms with Crippen molar-refractivity contribution in [3.05, 3.63) is 54.1 Å². The summed E-state index contributed by atoms with van der Waals surface area (Å²) in [5, 5.41) is 30.0. The Balaban J connectivity index is 2.11. The number of amides is 4. The Kier molecular flexibility index (Phi) is 16.8. The van der Waals surface area contributed by atoms with Crippen LogP contribution in [0.1, 0.15) is 50.3 Å². The van der Waals surface area contributed by atoms with Crippen LogP contribution in [0.5, 0.6) is 0 Å². The van der Waals surface area contributed by atoms with Crippen molar-refractivity contribution < 1.29 is 29.1 Å². The van der Waals surface area contributed by atoms with Crippen molar-refractivity contribution in [1.82, 2.24) is 36.6 Å². The van der Waals surface area contributed by atoms with Crippen LogP contribution >= 0.6 is 12.6 Å². The van der Waals surface area contributed by atoms with Crippen molar-refractivity contribution in [2.75, 3.05) is 12.3 Å². The number of nitrogens with two attached hydrogens (primary N) is 2. The lowest BCUT2D eigenvalue weighted by molar-refractivity contribution is -0.142. The number of carboxylic acid groups (broad SMARTS) is 1. The Hall–Kier alpha value is -4.64. The molecule has 16 nitrogen and oxygen atoms in total. The zero-order valence-electron chi connectivity index (χ0n) is 26.3. The number of hydrogen-bond acceptors (Lipinski definition) is 9.